The molecule has 1 aliphatic rings. The molecule has 8 nitrogen and oxygen atoms in total. The van der Waals surface area contributed by atoms with Crippen molar-refractivity contribution in [2.45, 2.75) is 25.4 Å². The lowest BCUT2D eigenvalue weighted by molar-refractivity contribution is 0.0858. The lowest BCUT2D eigenvalue weighted by atomic mass is 10.2. The van der Waals surface area contributed by atoms with Gasteiger partial charge in [0.2, 0.25) is 0 Å². The fourth-order valence-corrected chi connectivity index (χ4v) is 2.76. The van der Waals surface area contributed by atoms with Gasteiger partial charge in [0.1, 0.15) is 0 Å². The van der Waals surface area contributed by atoms with Crippen LogP contribution < -0.4 is 16.0 Å². The van der Waals surface area contributed by atoms with Crippen molar-refractivity contribution in [3.8, 4) is 0 Å². The molecule has 1 fully saturated rings. The van der Waals surface area contributed by atoms with E-state index in [9.17, 15) is 9.59 Å². The Morgan fingerprint density at radius 1 is 1.15 bits per heavy atom. The second-order valence-electron chi connectivity index (χ2n) is 6.25. The number of benzene rings is 1. The molecule has 2 aromatic rings. The Balaban J connectivity index is 1.39. The number of rotatable bonds is 7. The topological polar surface area (TPSA) is 105 Å². The second-order valence-corrected chi connectivity index (χ2v) is 6.25. The zero-order chi connectivity index (χ0) is 18.9. The fourth-order valence-electron chi connectivity index (χ4n) is 2.76. The smallest absolute Gasteiger partial charge is 0.319 e. The third-order valence-electron chi connectivity index (χ3n) is 4.20. The van der Waals surface area contributed by atoms with Gasteiger partial charge < -0.3 is 20.7 Å². The SMILES string of the molecule is O=C(NCCc1cnccn1)Nc1ccc(C(=O)NCC2CCCO2)cc1. The van der Waals surface area contributed by atoms with Crippen molar-refractivity contribution in [1.82, 2.24) is 20.6 Å². The van der Waals surface area contributed by atoms with Crippen LogP contribution in [0.5, 0.6) is 0 Å². The molecular formula is C19H23N5O3. The Hall–Kier alpha value is -3.00. The minimum atomic E-state index is -0.311. The average molecular weight is 369 g/mol. The van der Waals surface area contributed by atoms with Crippen molar-refractivity contribution in [3.05, 3.63) is 54.1 Å². The zero-order valence-corrected chi connectivity index (χ0v) is 15.0. The van der Waals surface area contributed by atoms with Gasteiger partial charge in [0.05, 0.1) is 11.8 Å². The first-order valence-corrected chi connectivity index (χ1v) is 9.00. The van der Waals surface area contributed by atoms with Gasteiger partial charge in [-0.1, -0.05) is 0 Å². The number of hydrogen-bond donors (Lipinski definition) is 3. The van der Waals surface area contributed by atoms with E-state index in [1.165, 1.54) is 0 Å². The summed E-state index contributed by atoms with van der Waals surface area (Å²) >= 11 is 0. The van der Waals surface area contributed by atoms with Crippen molar-refractivity contribution in [2.75, 3.05) is 25.0 Å². The summed E-state index contributed by atoms with van der Waals surface area (Å²) in [6, 6.07) is 6.45. The average Bonchev–Trinajstić information content (AvgIpc) is 3.21. The molecule has 1 unspecified atom stereocenters. The summed E-state index contributed by atoms with van der Waals surface area (Å²) in [6.07, 6.45) is 7.63. The van der Waals surface area contributed by atoms with Gasteiger partial charge in [0.15, 0.2) is 0 Å². The van der Waals surface area contributed by atoms with Crippen LogP contribution in [0.2, 0.25) is 0 Å². The van der Waals surface area contributed by atoms with Crippen LogP contribution in [0, 0.1) is 0 Å². The highest BCUT2D eigenvalue weighted by atomic mass is 16.5. The van der Waals surface area contributed by atoms with Gasteiger partial charge in [-0.25, -0.2) is 4.79 Å². The Labute approximate surface area is 157 Å². The molecule has 0 aliphatic carbocycles. The van der Waals surface area contributed by atoms with Crippen molar-refractivity contribution in [1.29, 1.82) is 0 Å². The number of anilines is 1. The van der Waals surface area contributed by atoms with Crippen LogP contribution >= 0.6 is 0 Å². The predicted molar refractivity (Wildman–Crippen MR) is 101 cm³/mol. The fraction of sp³-hybridized carbons (Fsp3) is 0.368. The third kappa shape index (κ3) is 6.03. The van der Waals surface area contributed by atoms with Crippen molar-refractivity contribution in [3.63, 3.8) is 0 Å². The molecule has 1 aromatic heterocycles. The number of hydrogen-bond acceptors (Lipinski definition) is 5. The number of ether oxygens (including phenoxy) is 1. The highest BCUT2D eigenvalue weighted by Gasteiger charge is 2.16. The molecule has 8 heteroatoms. The van der Waals surface area contributed by atoms with Crippen LogP contribution in [0.15, 0.2) is 42.9 Å². The van der Waals surface area contributed by atoms with Crippen molar-refractivity contribution in [2.24, 2.45) is 0 Å². The van der Waals surface area contributed by atoms with Gasteiger partial charge in [-0.05, 0) is 37.1 Å². The van der Waals surface area contributed by atoms with Crippen LogP contribution in [0.3, 0.4) is 0 Å². The van der Waals surface area contributed by atoms with E-state index >= 15 is 0 Å². The van der Waals surface area contributed by atoms with Gasteiger partial charge in [-0.2, -0.15) is 0 Å². The number of nitrogens with zero attached hydrogens (tertiary/aromatic N) is 2. The molecule has 0 bridgehead atoms. The molecule has 27 heavy (non-hydrogen) atoms. The molecule has 1 aliphatic heterocycles. The van der Waals surface area contributed by atoms with Crippen LogP contribution in [0.25, 0.3) is 0 Å². The van der Waals surface area contributed by atoms with Gasteiger partial charge in [-0.3, -0.25) is 14.8 Å². The van der Waals surface area contributed by atoms with E-state index < -0.39 is 0 Å². The quantitative estimate of drug-likeness (QED) is 0.690. The Morgan fingerprint density at radius 2 is 2.00 bits per heavy atom. The van der Waals surface area contributed by atoms with E-state index in [0.29, 0.717) is 30.8 Å². The van der Waals surface area contributed by atoms with Crippen molar-refractivity contribution >= 4 is 17.6 Å². The summed E-state index contributed by atoms with van der Waals surface area (Å²) < 4.78 is 5.49. The molecule has 3 rings (SSSR count). The van der Waals surface area contributed by atoms with E-state index in [1.807, 2.05) is 0 Å². The molecule has 0 spiro atoms. The number of urea groups is 1. The summed E-state index contributed by atoms with van der Waals surface area (Å²) in [5.41, 5.74) is 1.97. The number of amides is 3. The monoisotopic (exact) mass is 369 g/mol. The van der Waals surface area contributed by atoms with Crippen LogP contribution in [-0.4, -0.2) is 47.7 Å². The van der Waals surface area contributed by atoms with Gasteiger partial charge in [-0.15, -0.1) is 0 Å². The maximum Gasteiger partial charge on any atom is 0.319 e. The third-order valence-corrected chi connectivity index (χ3v) is 4.20. The maximum atomic E-state index is 12.1. The highest BCUT2D eigenvalue weighted by Crippen LogP contribution is 2.12. The predicted octanol–water partition coefficient (Wildman–Crippen LogP) is 1.75. The largest absolute Gasteiger partial charge is 0.376 e. The van der Waals surface area contributed by atoms with Gasteiger partial charge >= 0.3 is 6.03 Å². The summed E-state index contributed by atoms with van der Waals surface area (Å²) in [7, 11) is 0. The summed E-state index contributed by atoms with van der Waals surface area (Å²) in [6.45, 7) is 1.74. The molecule has 142 valence electrons. The Bertz CT molecular complexity index is 746. The van der Waals surface area contributed by atoms with Crippen LogP contribution in [-0.2, 0) is 11.2 Å². The van der Waals surface area contributed by atoms with E-state index in [4.69, 9.17) is 4.74 Å². The maximum absolute atomic E-state index is 12.1. The minimum Gasteiger partial charge on any atom is -0.376 e. The molecule has 2 heterocycles. The summed E-state index contributed by atoms with van der Waals surface area (Å²) in [5.74, 6) is -0.148. The van der Waals surface area contributed by atoms with E-state index in [1.54, 1.807) is 42.9 Å². The van der Waals surface area contributed by atoms with E-state index in [-0.39, 0.29) is 18.0 Å². The first kappa shape index (κ1) is 18.8. The number of nitrogens with one attached hydrogen (secondary N) is 3. The van der Waals surface area contributed by atoms with Gasteiger partial charge in [0, 0.05) is 56.0 Å². The molecule has 1 atom stereocenters. The van der Waals surface area contributed by atoms with E-state index in [2.05, 4.69) is 25.9 Å². The highest BCUT2D eigenvalue weighted by molar-refractivity contribution is 5.95. The first-order chi connectivity index (χ1) is 13.2. The summed E-state index contributed by atoms with van der Waals surface area (Å²) in [4.78, 5) is 32.2. The standard InChI is InChI=1S/C19H23N5O3/c25-18(23-13-17-2-1-11-27-17)14-3-5-15(6-4-14)24-19(26)22-8-7-16-12-20-9-10-21-16/h3-6,9-10,12,17H,1-2,7-8,11,13H2,(H,23,25)(H2,22,24,26). The number of carbonyl (C=O) groups is 2. The Kier molecular flexibility index (Phi) is 6.70. The molecular weight excluding hydrogens is 346 g/mol. The number of aromatic nitrogens is 2. The van der Waals surface area contributed by atoms with Crippen LogP contribution in [0.1, 0.15) is 28.9 Å². The molecule has 3 amide bonds. The molecule has 0 radical (unpaired) electrons. The van der Waals surface area contributed by atoms with Crippen molar-refractivity contribution < 1.29 is 14.3 Å². The Morgan fingerprint density at radius 3 is 2.70 bits per heavy atom. The lowest BCUT2D eigenvalue weighted by Crippen LogP contribution is -2.32. The molecule has 1 saturated heterocycles. The summed E-state index contributed by atoms with van der Waals surface area (Å²) in [5, 5.41) is 8.36. The normalized spacial score (nSPS) is 15.9. The molecule has 0 saturated carbocycles. The zero-order valence-electron chi connectivity index (χ0n) is 15.0. The second kappa shape index (κ2) is 9.63. The number of carbonyl (C=O) groups excluding carboxylic acids is 2. The minimum absolute atomic E-state index is 0.112. The molecule has 1 aromatic carbocycles. The van der Waals surface area contributed by atoms with Gasteiger partial charge in [0.25, 0.3) is 5.91 Å². The van der Waals surface area contributed by atoms with E-state index in [0.717, 1.165) is 25.1 Å². The molecule has 3 N–H and O–H groups in total. The van der Waals surface area contributed by atoms with Crippen LogP contribution in [0.4, 0.5) is 10.5 Å². The lowest BCUT2D eigenvalue weighted by Gasteiger charge is -2.11. The first-order valence-electron chi connectivity index (χ1n) is 9.00.